The molecule has 0 unspecified atom stereocenters. The number of nitrogens with zero attached hydrogens (tertiary/aromatic N) is 3. The van der Waals surface area contributed by atoms with Gasteiger partial charge in [0.1, 0.15) is 5.76 Å². The minimum absolute atomic E-state index is 0.153. The van der Waals surface area contributed by atoms with Gasteiger partial charge in [-0.05, 0) is 31.4 Å². The minimum atomic E-state index is -0.455. The Morgan fingerprint density at radius 1 is 1.27 bits per heavy atom. The van der Waals surface area contributed by atoms with Gasteiger partial charge in [-0.25, -0.2) is 4.98 Å². The first-order valence-corrected chi connectivity index (χ1v) is 8.45. The Kier molecular flexibility index (Phi) is 5.01. The highest BCUT2D eigenvalue weighted by molar-refractivity contribution is 6.08. The minimum Gasteiger partial charge on any atom is -0.360 e. The number of amides is 2. The Bertz CT molecular complexity index is 941. The zero-order chi connectivity index (χ0) is 18.7. The molecule has 26 heavy (non-hydrogen) atoms. The molecule has 0 aliphatic rings. The van der Waals surface area contributed by atoms with E-state index in [9.17, 15) is 9.59 Å². The summed E-state index contributed by atoms with van der Waals surface area (Å²) in [6.07, 6.45) is 2.57. The molecule has 136 valence electrons. The summed E-state index contributed by atoms with van der Waals surface area (Å²) in [4.78, 5) is 29.3. The molecule has 3 aromatic rings. The van der Waals surface area contributed by atoms with Crippen LogP contribution < -0.4 is 10.6 Å². The molecule has 0 saturated carbocycles. The van der Waals surface area contributed by atoms with Crippen LogP contribution in [-0.2, 0) is 0 Å². The SMILES string of the molecule is Cc1cc(NC(=O)c2nc(C(=O)NCCC(C)C)n3ccccc23)no1. The van der Waals surface area contributed by atoms with Gasteiger partial charge in [0, 0.05) is 18.8 Å². The van der Waals surface area contributed by atoms with E-state index in [0.29, 0.717) is 29.6 Å². The third kappa shape index (κ3) is 3.74. The predicted octanol–water partition coefficient (Wildman–Crippen LogP) is 2.66. The fourth-order valence-electron chi connectivity index (χ4n) is 2.52. The number of imidazole rings is 1. The van der Waals surface area contributed by atoms with Gasteiger partial charge in [0.05, 0.1) is 5.52 Å². The molecule has 3 heterocycles. The molecule has 3 aromatic heterocycles. The summed E-state index contributed by atoms with van der Waals surface area (Å²) in [7, 11) is 0. The third-order valence-electron chi connectivity index (χ3n) is 3.84. The highest BCUT2D eigenvalue weighted by Gasteiger charge is 2.22. The van der Waals surface area contributed by atoms with E-state index < -0.39 is 5.91 Å². The summed E-state index contributed by atoms with van der Waals surface area (Å²) in [6.45, 7) is 6.46. The Morgan fingerprint density at radius 2 is 2.08 bits per heavy atom. The second kappa shape index (κ2) is 7.38. The molecular weight excluding hydrogens is 334 g/mol. The van der Waals surface area contributed by atoms with Crippen molar-refractivity contribution in [3.63, 3.8) is 0 Å². The lowest BCUT2D eigenvalue weighted by molar-refractivity contribution is 0.0941. The molecule has 0 atom stereocenters. The molecule has 2 N–H and O–H groups in total. The van der Waals surface area contributed by atoms with Crippen molar-refractivity contribution in [1.29, 1.82) is 0 Å². The number of nitrogens with one attached hydrogen (secondary N) is 2. The molecule has 0 aromatic carbocycles. The third-order valence-corrected chi connectivity index (χ3v) is 3.84. The fraction of sp³-hybridized carbons (Fsp3) is 0.333. The van der Waals surface area contributed by atoms with Crippen LogP contribution in [0, 0.1) is 12.8 Å². The van der Waals surface area contributed by atoms with Crippen molar-refractivity contribution in [1.82, 2.24) is 19.9 Å². The number of aryl methyl sites for hydroxylation is 1. The van der Waals surface area contributed by atoms with Gasteiger partial charge >= 0.3 is 0 Å². The predicted molar refractivity (Wildman–Crippen MR) is 96.2 cm³/mol. The van der Waals surface area contributed by atoms with Gasteiger partial charge in [-0.1, -0.05) is 25.1 Å². The van der Waals surface area contributed by atoms with Gasteiger partial charge in [-0.15, -0.1) is 0 Å². The molecule has 8 nitrogen and oxygen atoms in total. The van der Waals surface area contributed by atoms with Crippen LogP contribution in [0.15, 0.2) is 35.0 Å². The monoisotopic (exact) mass is 355 g/mol. The van der Waals surface area contributed by atoms with Crippen LogP contribution in [0.3, 0.4) is 0 Å². The number of hydrogen-bond acceptors (Lipinski definition) is 5. The second-order valence-electron chi connectivity index (χ2n) is 6.46. The van der Waals surface area contributed by atoms with Gasteiger partial charge in [-0.2, -0.15) is 0 Å². The van der Waals surface area contributed by atoms with E-state index in [-0.39, 0.29) is 17.4 Å². The lowest BCUT2D eigenvalue weighted by Crippen LogP contribution is -2.27. The van der Waals surface area contributed by atoms with E-state index in [1.54, 1.807) is 41.8 Å². The van der Waals surface area contributed by atoms with E-state index >= 15 is 0 Å². The van der Waals surface area contributed by atoms with Gasteiger partial charge < -0.3 is 15.2 Å². The van der Waals surface area contributed by atoms with Crippen molar-refractivity contribution in [3.8, 4) is 0 Å². The summed E-state index contributed by atoms with van der Waals surface area (Å²) >= 11 is 0. The summed E-state index contributed by atoms with van der Waals surface area (Å²) in [5.74, 6) is 0.768. The zero-order valence-electron chi connectivity index (χ0n) is 14.9. The number of pyridine rings is 1. The molecule has 0 aliphatic heterocycles. The number of fused-ring (bicyclic) bond motifs is 1. The molecule has 8 heteroatoms. The largest absolute Gasteiger partial charge is 0.360 e. The lowest BCUT2D eigenvalue weighted by atomic mass is 10.1. The Hall–Kier alpha value is -3.16. The lowest BCUT2D eigenvalue weighted by Gasteiger charge is -2.06. The molecule has 0 saturated heterocycles. The molecule has 0 spiro atoms. The van der Waals surface area contributed by atoms with Crippen LogP contribution in [0.25, 0.3) is 5.52 Å². The quantitative estimate of drug-likeness (QED) is 0.708. The van der Waals surface area contributed by atoms with Gasteiger partial charge in [-0.3, -0.25) is 14.0 Å². The van der Waals surface area contributed by atoms with E-state index in [0.717, 1.165) is 6.42 Å². The maximum absolute atomic E-state index is 12.6. The van der Waals surface area contributed by atoms with Crippen LogP contribution >= 0.6 is 0 Å². The zero-order valence-corrected chi connectivity index (χ0v) is 14.9. The topological polar surface area (TPSA) is 102 Å². The van der Waals surface area contributed by atoms with Crippen LogP contribution in [-0.4, -0.2) is 32.9 Å². The molecule has 3 rings (SSSR count). The molecule has 0 aliphatic carbocycles. The van der Waals surface area contributed by atoms with Crippen molar-refractivity contribution in [2.45, 2.75) is 27.2 Å². The Morgan fingerprint density at radius 3 is 2.77 bits per heavy atom. The standard InChI is InChI=1S/C18H21N5O3/c1-11(2)7-8-19-18(25)16-21-15(13-6-4-5-9-23(13)16)17(24)20-14-10-12(3)26-22-14/h4-6,9-11H,7-8H2,1-3H3,(H,19,25)(H,20,22,24). The highest BCUT2D eigenvalue weighted by atomic mass is 16.5. The summed E-state index contributed by atoms with van der Waals surface area (Å²) in [5, 5.41) is 9.22. The molecule has 0 bridgehead atoms. The maximum Gasteiger partial charge on any atom is 0.287 e. The number of carbonyl (C=O) groups is 2. The fourth-order valence-corrected chi connectivity index (χ4v) is 2.52. The molecule has 2 amide bonds. The first-order valence-electron chi connectivity index (χ1n) is 8.45. The van der Waals surface area contributed by atoms with Gasteiger partial charge in [0.2, 0.25) is 5.82 Å². The number of anilines is 1. The first-order chi connectivity index (χ1) is 12.5. The van der Waals surface area contributed by atoms with Crippen molar-refractivity contribution in [2.24, 2.45) is 5.92 Å². The van der Waals surface area contributed by atoms with E-state index in [4.69, 9.17) is 4.52 Å². The average molecular weight is 355 g/mol. The van der Waals surface area contributed by atoms with Crippen molar-refractivity contribution in [3.05, 3.63) is 47.7 Å². The maximum atomic E-state index is 12.6. The summed E-state index contributed by atoms with van der Waals surface area (Å²) < 4.78 is 6.55. The number of rotatable bonds is 6. The number of hydrogen-bond donors (Lipinski definition) is 2. The first kappa shape index (κ1) is 17.7. The van der Waals surface area contributed by atoms with Crippen LogP contribution in [0.4, 0.5) is 5.82 Å². The van der Waals surface area contributed by atoms with Gasteiger partial charge in [0.25, 0.3) is 11.8 Å². The summed E-state index contributed by atoms with van der Waals surface area (Å²) in [5.41, 5.74) is 0.694. The van der Waals surface area contributed by atoms with E-state index in [2.05, 4.69) is 34.6 Å². The Balaban J connectivity index is 1.87. The van der Waals surface area contributed by atoms with Crippen LogP contribution in [0.5, 0.6) is 0 Å². The second-order valence-corrected chi connectivity index (χ2v) is 6.46. The molecule has 0 fully saturated rings. The highest BCUT2D eigenvalue weighted by Crippen LogP contribution is 2.16. The van der Waals surface area contributed by atoms with Crippen LogP contribution in [0.1, 0.15) is 47.1 Å². The smallest absolute Gasteiger partial charge is 0.287 e. The van der Waals surface area contributed by atoms with Crippen molar-refractivity contribution >= 4 is 23.1 Å². The number of carbonyl (C=O) groups excluding carboxylic acids is 2. The average Bonchev–Trinajstić information content (AvgIpc) is 3.18. The summed E-state index contributed by atoms with van der Waals surface area (Å²) in [6, 6.07) is 6.91. The van der Waals surface area contributed by atoms with E-state index in [1.165, 1.54) is 0 Å². The Labute approximate surface area is 150 Å². The van der Waals surface area contributed by atoms with Crippen LogP contribution in [0.2, 0.25) is 0 Å². The van der Waals surface area contributed by atoms with Gasteiger partial charge in [0.15, 0.2) is 11.5 Å². The van der Waals surface area contributed by atoms with Crippen molar-refractivity contribution < 1.29 is 14.1 Å². The normalized spacial score (nSPS) is 11.1. The molecule has 0 radical (unpaired) electrons. The van der Waals surface area contributed by atoms with Crippen molar-refractivity contribution in [2.75, 3.05) is 11.9 Å². The number of aromatic nitrogens is 3. The van der Waals surface area contributed by atoms with E-state index in [1.807, 2.05) is 0 Å². The molecular formula is C18H21N5O3.